The van der Waals surface area contributed by atoms with Crippen molar-refractivity contribution in [1.82, 2.24) is 0 Å². The summed E-state index contributed by atoms with van der Waals surface area (Å²) in [5.41, 5.74) is 1.53. The molecule has 0 unspecified atom stereocenters. The number of hydrogen-bond acceptors (Lipinski definition) is 0. The molecule has 0 heterocycles. The van der Waals surface area contributed by atoms with Crippen LogP contribution in [0.1, 0.15) is 20.3 Å². The van der Waals surface area contributed by atoms with Gasteiger partial charge in [-0.3, -0.25) is 0 Å². The van der Waals surface area contributed by atoms with Gasteiger partial charge in [0.1, 0.15) is 0 Å². The van der Waals surface area contributed by atoms with Gasteiger partial charge in [0.15, 0.2) is 0 Å². The minimum atomic E-state index is -1.56. The first-order valence-corrected chi connectivity index (χ1v) is 10.9. The van der Waals surface area contributed by atoms with Gasteiger partial charge in [-0.15, -0.1) is 0 Å². The molecular weight excluding hydrogens is 467 g/mol. The third-order valence-electron chi connectivity index (χ3n) is 4.32. The SMILES string of the molecule is CC[C@@H](C)[I-]c1ccc(-c2ccc(-c3cc(F)c(F)c(F)c3)c(F)c2)cc1. The molecule has 1 atom stereocenters. The van der Waals surface area contributed by atoms with Crippen LogP contribution in [0.15, 0.2) is 54.6 Å². The first-order chi connectivity index (χ1) is 12.9. The van der Waals surface area contributed by atoms with Crippen LogP contribution in [0.4, 0.5) is 17.6 Å². The van der Waals surface area contributed by atoms with E-state index < -0.39 is 23.3 Å². The number of hydrogen-bond donors (Lipinski definition) is 0. The van der Waals surface area contributed by atoms with Gasteiger partial charge in [0, 0.05) is 0 Å². The summed E-state index contributed by atoms with van der Waals surface area (Å²) in [4.78, 5) is 0. The minimum absolute atomic E-state index is 0.0239. The van der Waals surface area contributed by atoms with Crippen LogP contribution in [0.2, 0.25) is 0 Å². The van der Waals surface area contributed by atoms with E-state index in [9.17, 15) is 17.6 Å². The zero-order valence-electron chi connectivity index (χ0n) is 14.9. The van der Waals surface area contributed by atoms with Crippen LogP contribution >= 0.6 is 0 Å². The van der Waals surface area contributed by atoms with E-state index in [4.69, 9.17) is 0 Å². The van der Waals surface area contributed by atoms with Crippen molar-refractivity contribution in [2.75, 3.05) is 0 Å². The predicted octanol–water partition coefficient (Wildman–Crippen LogP) is 3.63. The second-order valence-electron chi connectivity index (χ2n) is 6.25. The summed E-state index contributed by atoms with van der Waals surface area (Å²) >= 11 is -0.0465. The molecule has 3 rings (SSSR count). The maximum atomic E-state index is 14.5. The van der Waals surface area contributed by atoms with Gasteiger partial charge in [-0.2, -0.15) is 0 Å². The average molecular weight is 485 g/mol. The molecule has 5 heteroatoms. The normalized spacial score (nSPS) is 12.4. The molecule has 0 aliphatic carbocycles. The van der Waals surface area contributed by atoms with E-state index in [2.05, 4.69) is 26.0 Å². The Morgan fingerprint density at radius 3 is 1.85 bits per heavy atom. The van der Waals surface area contributed by atoms with Crippen LogP contribution in [0.25, 0.3) is 22.3 Å². The second kappa shape index (κ2) is 8.42. The number of alkyl halides is 1. The summed E-state index contributed by atoms with van der Waals surface area (Å²) in [6, 6.07) is 14.1. The van der Waals surface area contributed by atoms with Crippen LogP contribution < -0.4 is 21.2 Å². The molecule has 0 N–H and O–H groups in total. The predicted molar refractivity (Wildman–Crippen MR) is 95.6 cm³/mol. The Morgan fingerprint density at radius 2 is 1.30 bits per heavy atom. The van der Waals surface area contributed by atoms with Crippen molar-refractivity contribution in [1.29, 1.82) is 0 Å². The van der Waals surface area contributed by atoms with Crippen molar-refractivity contribution in [2.24, 2.45) is 0 Å². The van der Waals surface area contributed by atoms with Gasteiger partial charge in [-0.05, 0) is 0 Å². The average Bonchev–Trinajstić information content (AvgIpc) is 2.66. The molecule has 3 aromatic rings. The van der Waals surface area contributed by atoms with E-state index >= 15 is 0 Å². The van der Waals surface area contributed by atoms with Crippen LogP contribution in [0, 0.1) is 26.8 Å². The maximum absolute atomic E-state index is 14.5. The van der Waals surface area contributed by atoms with E-state index in [1.165, 1.54) is 15.7 Å². The van der Waals surface area contributed by atoms with Gasteiger partial charge in [0.05, 0.1) is 0 Å². The molecule has 0 radical (unpaired) electrons. The van der Waals surface area contributed by atoms with Crippen LogP contribution in [-0.4, -0.2) is 3.92 Å². The Kier molecular flexibility index (Phi) is 6.19. The first-order valence-electron chi connectivity index (χ1n) is 8.57. The zero-order chi connectivity index (χ0) is 19.6. The standard InChI is InChI=1S/C22H18F4I/c1-3-13(2)27-17-7-4-14(5-8-17)15-6-9-18(19(23)10-15)16-11-20(24)22(26)21(25)12-16/h4-13H,3H2,1-2H3/q-1/t13-/m1/s1. The van der Waals surface area contributed by atoms with Gasteiger partial charge in [-0.25, -0.2) is 4.39 Å². The topological polar surface area (TPSA) is 0 Å². The van der Waals surface area contributed by atoms with Crippen LogP contribution in [0.5, 0.6) is 0 Å². The van der Waals surface area contributed by atoms with Crippen LogP contribution in [-0.2, 0) is 0 Å². The Bertz CT molecular complexity index is 928. The Labute approximate surface area is 166 Å². The van der Waals surface area contributed by atoms with E-state index in [0.717, 1.165) is 24.1 Å². The summed E-state index contributed by atoms with van der Waals surface area (Å²) in [6.45, 7) is 4.43. The van der Waals surface area contributed by atoms with Crippen molar-refractivity contribution in [3.05, 3.63) is 81.4 Å². The fourth-order valence-corrected chi connectivity index (χ4v) is 5.09. The molecule has 142 valence electrons. The van der Waals surface area contributed by atoms with Gasteiger partial charge >= 0.3 is 162 Å². The van der Waals surface area contributed by atoms with E-state index in [0.29, 0.717) is 9.49 Å². The molecule has 0 saturated heterocycles. The molecule has 0 amide bonds. The van der Waals surface area contributed by atoms with E-state index in [1.54, 1.807) is 6.07 Å². The molecule has 0 aliphatic heterocycles. The molecular formula is C22H18F4I-. The van der Waals surface area contributed by atoms with E-state index in [1.807, 2.05) is 12.1 Å². The van der Waals surface area contributed by atoms with Crippen LogP contribution in [0.3, 0.4) is 0 Å². The zero-order valence-corrected chi connectivity index (χ0v) is 17.0. The van der Waals surface area contributed by atoms with Crippen molar-refractivity contribution < 1.29 is 38.8 Å². The molecule has 0 spiro atoms. The van der Waals surface area contributed by atoms with E-state index in [-0.39, 0.29) is 32.3 Å². The second-order valence-corrected chi connectivity index (χ2v) is 10.2. The molecule has 0 aromatic heterocycles. The number of benzene rings is 3. The van der Waals surface area contributed by atoms with Gasteiger partial charge in [0.2, 0.25) is 0 Å². The Balaban J connectivity index is 1.89. The molecule has 0 aliphatic rings. The molecule has 27 heavy (non-hydrogen) atoms. The summed E-state index contributed by atoms with van der Waals surface area (Å²) in [7, 11) is 0. The Morgan fingerprint density at radius 1 is 0.741 bits per heavy atom. The number of rotatable bonds is 5. The van der Waals surface area contributed by atoms with Crippen molar-refractivity contribution >= 4 is 0 Å². The van der Waals surface area contributed by atoms with Crippen molar-refractivity contribution in [3.8, 4) is 22.3 Å². The quantitative estimate of drug-likeness (QED) is 0.224. The van der Waals surface area contributed by atoms with Gasteiger partial charge < -0.3 is 0 Å². The van der Waals surface area contributed by atoms with Gasteiger partial charge in [0.25, 0.3) is 0 Å². The fraction of sp³-hybridized carbons (Fsp3) is 0.182. The summed E-state index contributed by atoms with van der Waals surface area (Å²) in [5.74, 6) is -4.85. The summed E-state index contributed by atoms with van der Waals surface area (Å²) in [6.07, 6.45) is 1.16. The molecule has 0 fully saturated rings. The molecule has 3 aromatic carbocycles. The molecule has 0 bridgehead atoms. The third kappa shape index (κ3) is 4.51. The number of halogens is 5. The summed E-state index contributed by atoms with van der Waals surface area (Å²) < 4.78 is 56.5. The fourth-order valence-electron chi connectivity index (χ4n) is 2.65. The van der Waals surface area contributed by atoms with Crippen molar-refractivity contribution in [2.45, 2.75) is 24.2 Å². The molecule has 0 saturated carbocycles. The molecule has 0 nitrogen and oxygen atoms in total. The monoisotopic (exact) mass is 485 g/mol. The Hall–Kier alpha value is -1.89. The third-order valence-corrected chi connectivity index (χ3v) is 7.70. The summed E-state index contributed by atoms with van der Waals surface area (Å²) in [5, 5.41) is 0. The van der Waals surface area contributed by atoms with Gasteiger partial charge in [-0.1, -0.05) is 0 Å². The first kappa shape index (κ1) is 19.9. The van der Waals surface area contributed by atoms with Crippen molar-refractivity contribution in [3.63, 3.8) is 0 Å².